The number of fused-ring (bicyclic) bond motifs is 1. The van der Waals surface area contributed by atoms with Gasteiger partial charge in [0.2, 0.25) is 0 Å². The van der Waals surface area contributed by atoms with E-state index in [1.807, 2.05) is 0 Å². The number of ether oxygens (including phenoxy) is 1. The number of amidine groups is 1. The molecule has 110 valence electrons. The number of hydrogen-bond acceptors (Lipinski definition) is 7. The smallest absolute Gasteiger partial charge is 0.347 e. The maximum absolute atomic E-state index is 12.0. The summed E-state index contributed by atoms with van der Waals surface area (Å²) in [5.41, 5.74) is 4.92. The predicted molar refractivity (Wildman–Crippen MR) is 81.6 cm³/mol. The van der Waals surface area contributed by atoms with E-state index in [1.54, 1.807) is 18.2 Å². The molecule has 1 aromatic carbocycles. The summed E-state index contributed by atoms with van der Waals surface area (Å²) < 4.78 is 10.3. The van der Waals surface area contributed by atoms with E-state index in [0.717, 1.165) is 11.8 Å². The van der Waals surface area contributed by atoms with Gasteiger partial charge in [-0.25, -0.2) is 4.79 Å². The van der Waals surface area contributed by atoms with Crippen LogP contribution in [0, 0.1) is 0 Å². The lowest BCUT2D eigenvalue weighted by atomic mass is 10.1. The first kappa shape index (κ1) is 14.9. The molecule has 1 heterocycles. The minimum atomic E-state index is -0.721. The Kier molecular flexibility index (Phi) is 4.49. The fourth-order valence-electron chi connectivity index (χ4n) is 1.73. The van der Waals surface area contributed by atoms with Gasteiger partial charge in [0.05, 0.1) is 12.9 Å². The molecule has 0 aliphatic carbocycles. The molecule has 0 amide bonds. The summed E-state index contributed by atoms with van der Waals surface area (Å²) in [4.78, 5) is 23.9. The van der Waals surface area contributed by atoms with Crippen molar-refractivity contribution in [3.05, 3.63) is 40.2 Å². The third kappa shape index (κ3) is 3.16. The van der Waals surface area contributed by atoms with Crippen molar-refractivity contribution in [2.24, 2.45) is 16.7 Å². The van der Waals surface area contributed by atoms with Crippen LogP contribution in [0.25, 0.3) is 11.0 Å². The highest BCUT2D eigenvalue weighted by molar-refractivity contribution is 8.14. The molecule has 7 nitrogen and oxygen atoms in total. The molecule has 8 heteroatoms. The molecule has 0 radical (unpaired) electrons. The van der Waals surface area contributed by atoms with Gasteiger partial charge < -0.3 is 20.7 Å². The van der Waals surface area contributed by atoms with E-state index in [9.17, 15) is 9.59 Å². The molecule has 21 heavy (non-hydrogen) atoms. The van der Waals surface area contributed by atoms with Gasteiger partial charge in [0.25, 0.3) is 0 Å². The monoisotopic (exact) mass is 307 g/mol. The number of carbonyl (C=O) groups is 1. The maximum Gasteiger partial charge on any atom is 0.347 e. The lowest BCUT2D eigenvalue weighted by Crippen LogP contribution is -2.18. The van der Waals surface area contributed by atoms with Gasteiger partial charge in [0, 0.05) is 5.39 Å². The van der Waals surface area contributed by atoms with Crippen molar-refractivity contribution < 1.29 is 13.9 Å². The first-order chi connectivity index (χ1) is 10.1. The average molecular weight is 307 g/mol. The van der Waals surface area contributed by atoms with Gasteiger partial charge in [-0.15, -0.1) is 0 Å². The Bertz CT molecular complexity index is 770. The van der Waals surface area contributed by atoms with Crippen molar-refractivity contribution >= 4 is 33.7 Å². The van der Waals surface area contributed by atoms with E-state index in [2.05, 4.69) is 5.10 Å². The van der Waals surface area contributed by atoms with Crippen LogP contribution in [-0.4, -0.2) is 23.8 Å². The molecule has 4 N–H and O–H groups in total. The Morgan fingerprint density at radius 2 is 2.24 bits per heavy atom. The second kappa shape index (κ2) is 6.31. The van der Waals surface area contributed by atoms with E-state index < -0.39 is 11.4 Å². The fraction of sp³-hybridized carbons (Fsp3) is 0.154. The molecule has 0 saturated carbocycles. The predicted octanol–water partition coefficient (Wildman–Crippen LogP) is 0.906. The first-order valence-corrected chi connectivity index (χ1v) is 6.85. The molecule has 0 spiro atoms. The van der Waals surface area contributed by atoms with Gasteiger partial charge in [-0.2, -0.15) is 5.10 Å². The van der Waals surface area contributed by atoms with Gasteiger partial charge in [-0.1, -0.05) is 23.9 Å². The second-order valence-corrected chi connectivity index (χ2v) is 5.00. The number of thioether (sulfide) groups is 1. The topological polar surface area (TPSA) is 121 Å². The van der Waals surface area contributed by atoms with Crippen molar-refractivity contribution in [2.45, 2.75) is 0 Å². The molecule has 0 atom stereocenters. The lowest BCUT2D eigenvalue weighted by Gasteiger charge is -2.05. The molecule has 0 aliphatic rings. The fourth-order valence-corrected chi connectivity index (χ4v) is 2.24. The lowest BCUT2D eigenvalue weighted by molar-refractivity contribution is 0.101. The number of benzene rings is 1. The van der Waals surface area contributed by atoms with Crippen molar-refractivity contribution in [1.82, 2.24) is 0 Å². The van der Waals surface area contributed by atoms with Crippen molar-refractivity contribution in [3.8, 4) is 5.75 Å². The molecule has 0 fully saturated rings. The van der Waals surface area contributed by atoms with Crippen LogP contribution in [-0.2, 0) is 0 Å². The minimum absolute atomic E-state index is 0.0481. The average Bonchev–Trinajstić information content (AvgIpc) is 2.50. The van der Waals surface area contributed by atoms with E-state index in [1.165, 1.54) is 13.2 Å². The molecule has 1 aromatic heterocycles. The highest BCUT2D eigenvalue weighted by atomic mass is 32.2. The van der Waals surface area contributed by atoms with Crippen LogP contribution < -0.4 is 21.9 Å². The van der Waals surface area contributed by atoms with Crippen LogP contribution in [0.2, 0.25) is 0 Å². The van der Waals surface area contributed by atoms with E-state index in [0.29, 0.717) is 16.7 Å². The highest BCUT2D eigenvalue weighted by Crippen LogP contribution is 2.24. The van der Waals surface area contributed by atoms with Crippen molar-refractivity contribution in [1.29, 1.82) is 0 Å². The number of ketones is 1. The Morgan fingerprint density at radius 1 is 1.48 bits per heavy atom. The standard InChI is InChI=1S/C13H13N3O4S/c1-19-10-4-2-3-7-5-8(12(18)20-11(7)10)9(17)6-21-13(14)16-15/h2-5H,6,15H2,1H3,(H2,14,16). The Balaban J connectivity index is 2.39. The van der Waals surface area contributed by atoms with E-state index >= 15 is 0 Å². The number of hydrazone groups is 1. The highest BCUT2D eigenvalue weighted by Gasteiger charge is 2.16. The van der Waals surface area contributed by atoms with Crippen LogP contribution in [0.5, 0.6) is 5.75 Å². The van der Waals surface area contributed by atoms with Crippen LogP contribution in [0.4, 0.5) is 0 Å². The molecule has 0 unspecified atom stereocenters. The minimum Gasteiger partial charge on any atom is -0.493 e. The number of nitrogens with zero attached hydrogens (tertiary/aromatic N) is 1. The quantitative estimate of drug-likeness (QED) is 0.215. The van der Waals surface area contributed by atoms with Gasteiger partial charge >= 0.3 is 5.63 Å². The summed E-state index contributed by atoms with van der Waals surface area (Å²) in [5, 5.41) is 3.90. The molecule has 0 saturated heterocycles. The van der Waals surface area contributed by atoms with Crippen molar-refractivity contribution in [3.63, 3.8) is 0 Å². The molecule has 0 aliphatic heterocycles. The summed E-state index contributed by atoms with van der Waals surface area (Å²) in [5.74, 6) is 4.94. The maximum atomic E-state index is 12.0. The number of carbonyl (C=O) groups excluding carboxylic acids is 1. The molecule has 2 aromatic rings. The zero-order valence-electron chi connectivity index (χ0n) is 11.2. The van der Waals surface area contributed by atoms with Crippen LogP contribution in [0.3, 0.4) is 0 Å². The molecular formula is C13H13N3O4S. The summed E-state index contributed by atoms with van der Waals surface area (Å²) in [6.07, 6.45) is 0. The number of rotatable bonds is 4. The zero-order valence-corrected chi connectivity index (χ0v) is 12.0. The Labute approximate surface area is 123 Å². The third-order valence-electron chi connectivity index (χ3n) is 2.72. The van der Waals surface area contributed by atoms with E-state index in [4.69, 9.17) is 20.7 Å². The number of methoxy groups -OCH3 is 1. The van der Waals surface area contributed by atoms with Gasteiger partial charge in [-0.3, -0.25) is 4.79 Å². The molecular weight excluding hydrogens is 294 g/mol. The van der Waals surface area contributed by atoms with Gasteiger partial charge in [0.15, 0.2) is 22.3 Å². The summed E-state index contributed by atoms with van der Waals surface area (Å²) in [6.45, 7) is 0. The Morgan fingerprint density at radius 3 is 2.90 bits per heavy atom. The number of hydrogen-bond donors (Lipinski definition) is 2. The van der Waals surface area contributed by atoms with Crippen molar-refractivity contribution in [2.75, 3.05) is 12.9 Å². The van der Waals surface area contributed by atoms with Crippen LogP contribution in [0.1, 0.15) is 10.4 Å². The zero-order chi connectivity index (χ0) is 15.4. The number of para-hydroxylation sites is 1. The SMILES string of the molecule is COc1cccc2cc(C(=O)CS/C(N)=N/N)c(=O)oc12. The second-order valence-electron chi connectivity index (χ2n) is 4.01. The normalized spacial score (nSPS) is 11.6. The first-order valence-electron chi connectivity index (χ1n) is 5.87. The number of nitrogens with two attached hydrogens (primary N) is 2. The Hall–Kier alpha value is -2.48. The summed E-state index contributed by atoms with van der Waals surface area (Å²) in [6, 6.07) is 6.60. The van der Waals surface area contributed by atoms with Crippen LogP contribution in [0.15, 0.2) is 38.6 Å². The van der Waals surface area contributed by atoms with Gasteiger partial charge in [0.1, 0.15) is 5.56 Å². The summed E-state index contributed by atoms with van der Waals surface area (Å²) in [7, 11) is 1.47. The van der Waals surface area contributed by atoms with E-state index in [-0.39, 0.29) is 16.5 Å². The molecule has 0 bridgehead atoms. The number of Topliss-reactive ketones (excluding diaryl/α,β-unsaturated/α-hetero) is 1. The van der Waals surface area contributed by atoms with Crippen LogP contribution >= 0.6 is 11.8 Å². The third-order valence-corrected chi connectivity index (χ3v) is 3.53. The summed E-state index contributed by atoms with van der Waals surface area (Å²) >= 11 is 0.949. The van der Waals surface area contributed by atoms with Gasteiger partial charge in [-0.05, 0) is 12.1 Å². The largest absolute Gasteiger partial charge is 0.493 e. The molecule has 2 rings (SSSR count).